The predicted molar refractivity (Wildman–Crippen MR) is 107 cm³/mol. The van der Waals surface area contributed by atoms with Gasteiger partial charge in [0.05, 0.1) is 22.9 Å². The van der Waals surface area contributed by atoms with Crippen LogP contribution in [0.1, 0.15) is 16.8 Å². The number of amides is 1. The molecule has 0 radical (unpaired) electrons. The van der Waals surface area contributed by atoms with Crippen molar-refractivity contribution in [2.45, 2.75) is 11.3 Å². The fourth-order valence-electron chi connectivity index (χ4n) is 2.46. The maximum atomic E-state index is 13.1. The lowest BCUT2D eigenvalue weighted by atomic mass is 10.2. The SMILES string of the molecule is CN(C)S(=O)(=O)c1cccc(C(=O)OCC(=O)N(CCC#N)c2ccc(F)cc2)c1. The number of rotatable bonds is 8. The van der Waals surface area contributed by atoms with Crippen molar-refractivity contribution in [2.24, 2.45) is 0 Å². The van der Waals surface area contributed by atoms with Gasteiger partial charge in [0.15, 0.2) is 6.61 Å². The predicted octanol–water partition coefficient (Wildman–Crippen LogP) is 2.18. The van der Waals surface area contributed by atoms with E-state index in [0.717, 1.165) is 10.4 Å². The van der Waals surface area contributed by atoms with Crippen LogP contribution in [-0.2, 0) is 19.6 Å². The van der Waals surface area contributed by atoms with E-state index in [4.69, 9.17) is 10.00 Å². The molecule has 1 amide bonds. The Morgan fingerprint density at radius 1 is 1.13 bits per heavy atom. The van der Waals surface area contributed by atoms with E-state index < -0.39 is 34.3 Å². The molecule has 8 nitrogen and oxygen atoms in total. The number of nitrogens with zero attached hydrogens (tertiary/aromatic N) is 3. The Labute approximate surface area is 174 Å². The summed E-state index contributed by atoms with van der Waals surface area (Å²) >= 11 is 0. The van der Waals surface area contributed by atoms with Gasteiger partial charge in [-0.2, -0.15) is 5.26 Å². The van der Waals surface area contributed by atoms with Crippen LogP contribution in [0.3, 0.4) is 0 Å². The van der Waals surface area contributed by atoms with Gasteiger partial charge < -0.3 is 9.64 Å². The molecular formula is C20H20FN3O5S. The maximum Gasteiger partial charge on any atom is 0.338 e. The first-order valence-electron chi connectivity index (χ1n) is 8.79. The molecule has 0 heterocycles. The quantitative estimate of drug-likeness (QED) is 0.591. The first-order valence-corrected chi connectivity index (χ1v) is 10.2. The molecule has 0 saturated carbocycles. The van der Waals surface area contributed by atoms with Gasteiger partial charge in [-0.25, -0.2) is 21.9 Å². The van der Waals surface area contributed by atoms with Gasteiger partial charge >= 0.3 is 5.97 Å². The Morgan fingerprint density at radius 3 is 2.40 bits per heavy atom. The Hall–Kier alpha value is -3.29. The van der Waals surface area contributed by atoms with Gasteiger partial charge in [0.25, 0.3) is 5.91 Å². The summed E-state index contributed by atoms with van der Waals surface area (Å²) in [6.07, 6.45) is 0.0293. The van der Waals surface area contributed by atoms with Gasteiger partial charge in [-0.1, -0.05) is 6.07 Å². The topological polar surface area (TPSA) is 108 Å². The number of nitriles is 1. The third kappa shape index (κ3) is 5.62. The summed E-state index contributed by atoms with van der Waals surface area (Å²) < 4.78 is 43.6. The normalized spacial score (nSPS) is 11.0. The van der Waals surface area contributed by atoms with E-state index in [1.807, 2.05) is 6.07 Å². The number of sulfonamides is 1. The zero-order valence-electron chi connectivity index (χ0n) is 16.4. The molecule has 0 atom stereocenters. The van der Waals surface area contributed by atoms with E-state index in [0.29, 0.717) is 5.69 Å². The molecule has 0 spiro atoms. The molecule has 0 aliphatic heterocycles. The van der Waals surface area contributed by atoms with Crippen molar-refractivity contribution >= 4 is 27.6 Å². The molecule has 0 bridgehead atoms. The smallest absolute Gasteiger partial charge is 0.338 e. The summed E-state index contributed by atoms with van der Waals surface area (Å²) in [6, 6.07) is 12.3. The number of ether oxygens (including phenoxy) is 1. The molecule has 2 rings (SSSR count). The minimum atomic E-state index is -3.74. The largest absolute Gasteiger partial charge is 0.452 e. The molecule has 2 aromatic rings. The van der Waals surface area contributed by atoms with E-state index in [1.54, 1.807) is 0 Å². The number of esters is 1. The van der Waals surface area contributed by atoms with Crippen LogP contribution in [0.2, 0.25) is 0 Å². The third-order valence-corrected chi connectivity index (χ3v) is 5.87. The molecule has 0 aromatic heterocycles. The number of benzene rings is 2. The van der Waals surface area contributed by atoms with Gasteiger partial charge in [-0.05, 0) is 42.5 Å². The molecular weight excluding hydrogens is 413 g/mol. The molecule has 0 N–H and O–H groups in total. The van der Waals surface area contributed by atoms with Gasteiger partial charge in [-0.3, -0.25) is 4.79 Å². The Bertz CT molecular complexity index is 1060. The number of halogens is 1. The lowest BCUT2D eigenvalue weighted by molar-refractivity contribution is -0.121. The Morgan fingerprint density at radius 2 is 1.80 bits per heavy atom. The molecule has 30 heavy (non-hydrogen) atoms. The van der Waals surface area contributed by atoms with E-state index in [-0.39, 0.29) is 23.4 Å². The van der Waals surface area contributed by atoms with E-state index >= 15 is 0 Å². The standard InChI is InChI=1S/C20H20FN3O5S/c1-23(2)30(27,28)18-6-3-5-15(13-18)20(26)29-14-19(25)24(12-4-11-22)17-9-7-16(21)8-10-17/h3,5-10,13H,4,12,14H2,1-2H3. The zero-order valence-corrected chi connectivity index (χ0v) is 17.2. The first-order chi connectivity index (χ1) is 14.2. The third-order valence-electron chi connectivity index (χ3n) is 4.06. The molecule has 0 aliphatic carbocycles. The van der Waals surface area contributed by atoms with Gasteiger partial charge in [-0.15, -0.1) is 0 Å². The van der Waals surface area contributed by atoms with E-state index in [1.165, 1.54) is 61.5 Å². The summed E-state index contributed by atoms with van der Waals surface area (Å²) in [4.78, 5) is 26.0. The second-order valence-electron chi connectivity index (χ2n) is 6.32. The maximum absolute atomic E-state index is 13.1. The Balaban J connectivity index is 2.13. The van der Waals surface area contributed by atoms with Crippen LogP contribution in [0, 0.1) is 17.1 Å². The second kappa shape index (κ2) is 9.96. The summed E-state index contributed by atoms with van der Waals surface area (Å²) in [7, 11) is -1.01. The van der Waals surface area contributed by atoms with Crippen molar-refractivity contribution < 1.29 is 27.1 Å². The van der Waals surface area contributed by atoms with Crippen molar-refractivity contribution in [1.29, 1.82) is 5.26 Å². The van der Waals surface area contributed by atoms with Gasteiger partial charge in [0, 0.05) is 26.3 Å². The lowest BCUT2D eigenvalue weighted by Crippen LogP contribution is -2.35. The van der Waals surface area contributed by atoms with Gasteiger partial charge in [0.1, 0.15) is 5.82 Å². The Kier molecular flexibility index (Phi) is 7.63. The van der Waals surface area contributed by atoms with Crippen molar-refractivity contribution in [3.63, 3.8) is 0 Å². The highest BCUT2D eigenvalue weighted by atomic mass is 32.2. The average Bonchev–Trinajstić information content (AvgIpc) is 2.73. The monoisotopic (exact) mass is 433 g/mol. The molecule has 0 saturated heterocycles. The van der Waals surface area contributed by atoms with Crippen LogP contribution in [0.25, 0.3) is 0 Å². The number of hydrogen-bond acceptors (Lipinski definition) is 6. The van der Waals surface area contributed by atoms with Crippen LogP contribution in [-0.4, -0.2) is 51.8 Å². The highest BCUT2D eigenvalue weighted by Gasteiger charge is 2.21. The van der Waals surface area contributed by atoms with E-state index in [2.05, 4.69) is 0 Å². The zero-order chi connectivity index (χ0) is 22.3. The summed E-state index contributed by atoms with van der Waals surface area (Å²) in [5.74, 6) is -1.97. The minimum absolute atomic E-state index is 0.0293. The highest BCUT2D eigenvalue weighted by molar-refractivity contribution is 7.89. The molecule has 10 heteroatoms. The first kappa shape index (κ1) is 23.0. The lowest BCUT2D eigenvalue weighted by Gasteiger charge is -2.21. The summed E-state index contributed by atoms with van der Waals surface area (Å²) in [6.45, 7) is -0.596. The van der Waals surface area contributed by atoms with Crippen LogP contribution in [0.4, 0.5) is 10.1 Å². The van der Waals surface area contributed by atoms with Crippen molar-refractivity contribution in [2.75, 3.05) is 32.1 Å². The molecule has 2 aromatic carbocycles. The average molecular weight is 433 g/mol. The number of carbonyl (C=O) groups excluding carboxylic acids is 2. The van der Waals surface area contributed by atoms with Crippen LogP contribution in [0.5, 0.6) is 0 Å². The number of hydrogen-bond donors (Lipinski definition) is 0. The van der Waals surface area contributed by atoms with Crippen molar-refractivity contribution in [3.05, 3.63) is 59.9 Å². The summed E-state index contributed by atoms with van der Waals surface area (Å²) in [5, 5.41) is 8.80. The molecule has 0 unspecified atom stereocenters. The molecule has 158 valence electrons. The van der Waals surface area contributed by atoms with Crippen LogP contribution >= 0.6 is 0 Å². The molecule has 0 fully saturated rings. The highest BCUT2D eigenvalue weighted by Crippen LogP contribution is 2.17. The molecule has 0 aliphatic rings. The van der Waals surface area contributed by atoms with Crippen LogP contribution < -0.4 is 4.90 Å². The van der Waals surface area contributed by atoms with E-state index in [9.17, 15) is 22.4 Å². The van der Waals surface area contributed by atoms with Crippen molar-refractivity contribution in [3.8, 4) is 6.07 Å². The second-order valence-corrected chi connectivity index (χ2v) is 8.47. The fraction of sp³-hybridized carbons (Fsp3) is 0.250. The van der Waals surface area contributed by atoms with Crippen LogP contribution in [0.15, 0.2) is 53.4 Å². The number of anilines is 1. The van der Waals surface area contributed by atoms with Gasteiger partial charge in [0.2, 0.25) is 10.0 Å². The van der Waals surface area contributed by atoms with Crippen molar-refractivity contribution in [1.82, 2.24) is 4.31 Å². The number of carbonyl (C=O) groups is 2. The minimum Gasteiger partial charge on any atom is -0.452 e. The fourth-order valence-corrected chi connectivity index (χ4v) is 3.41. The summed E-state index contributed by atoms with van der Waals surface area (Å²) in [5.41, 5.74) is 0.322.